The van der Waals surface area contributed by atoms with Crippen molar-refractivity contribution in [2.75, 3.05) is 5.73 Å². The van der Waals surface area contributed by atoms with E-state index in [-0.39, 0.29) is 6.04 Å². The molecule has 0 saturated carbocycles. The van der Waals surface area contributed by atoms with Gasteiger partial charge in [0.25, 0.3) is 0 Å². The minimum absolute atomic E-state index is 0.253. The minimum Gasteiger partial charge on any atom is -0.399 e. The fourth-order valence-corrected chi connectivity index (χ4v) is 2.65. The van der Waals surface area contributed by atoms with Crippen molar-refractivity contribution in [1.82, 2.24) is 20.2 Å². The number of nitrogens with zero attached hydrogens (tertiary/aromatic N) is 4. The van der Waals surface area contributed by atoms with Crippen LogP contribution >= 0.6 is 15.9 Å². The van der Waals surface area contributed by atoms with Crippen molar-refractivity contribution < 1.29 is 0 Å². The smallest absolute Gasteiger partial charge is 0.183 e. The Bertz CT molecular complexity index is 581. The van der Waals surface area contributed by atoms with Crippen LogP contribution < -0.4 is 5.73 Å². The quantitative estimate of drug-likeness (QED) is 0.845. The molecule has 108 valence electrons. The second-order valence-corrected chi connectivity index (χ2v) is 6.14. The Kier molecular flexibility index (Phi) is 4.75. The number of hydrogen-bond donors (Lipinski definition) is 1. The number of halogens is 1. The van der Waals surface area contributed by atoms with Gasteiger partial charge in [-0.25, -0.2) is 4.68 Å². The Morgan fingerprint density at radius 3 is 2.80 bits per heavy atom. The van der Waals surface area contributed by atoms with Gasteiger partial charge in [-0.05, 0) is 47.9 Å². The van der Waals surface area contributed by atoms with E-state index in [9.17, 15) is 0 Å². The largest absolute Gasteiger partial charge is 0.399 e. The standard InChI is InChI=1S/C14H20BrN5/c1-4-9(2)7-10(3)20-14(17-18-19-20)12-8-11(16)5-6-13(12)15/h5-6,8-10H,4,7,16H2,1-3H3. The fraction of sp³-hybridized carbons (Fsp3) is 0.500. The van der Waals surface area contributed by atoms with Crippen LogP contribution in [-0.4, -0.2) is 20.2 Å². The fourth-order valence-electron chi connectivity index (χ4n) is 2.23. The molecule has 2 atom stereocenters. The summed E-state index contributed by atoms with van der Waals surface area (Å²) in [6, 6.07) is 5.92. The van der Waals surface area contributed by atoms with Crippen LogP contribution in [0.5, 0.6) is 0 Å². The number of rotatable bonds is 5. The average Bonchev–Trinajstić information content (AvgIpc) is 2.90. The van der Waals surface area contributed by atoms with E-state index in [1.165, 1.54) is 0 Å². The maximum absolute atomic E-state index is 5.86. The van der Waals surface area contributed by atoms with Crippen molar-refractivity contribution in [2.45, 2.75) is 39.7 Å². The van der Waals surface area contributed by atoms with Gasteiger partial charge in [0.1, 0.15) is 0 Å². The first kappa shape index (κ1) is 15.0. The van der Waals surface area contributed by atoms with Crippen molar-refractivity contribution in [3.05, 3.63) is 22.7 Å². The van der Waals surface area contributed by atoms with Gasteiger partial charge in [0.05, 0.1) is 6.04 Å². The topological polar surface area (TPSA) is 69.6 Å². The lowest BCUT2D eigenvalue weighted by molar-refractivity contribution is 0.371. The molecule has 1 aromatic carbocycles. The molecule has 0 aliphatic carbocycles. The Balaban J connectivity index is 2.35. The molecule has 0 amide bonds. The summed E-state index contributed by atoms with van der Waals surface area (Å²) >= 11 is 3.54. The van der Waals surface area contributed by atoms with Crippen molar-refractivity contribution in [1.29, 1.82) is 0 Å². The lowest BCUT2D eigenvalue weighted by atomic mass is 10.0. The summed E-state index contributed by atoms with van der Waals surface area (Å²) in [7, 11) is 0. The molecule has 0 fully saturated rings. The minimum atomic E-state index is 0.253. The molecule has 5 nitrogen and oxygen atoms in total. The van der Waals surface area contributed by atoms with Crippen LogP contribution in [-0.2, 0) is 0 Å². The molecule has 0 bridgehead atoms. The monoisotopic (exact) mass is 337 g/mol. The van der Waals surface area contributed by atoms with Crippen molar-refractivity contribution in [2.24, 2.45) is 5.92 Å². The van der Waals surface area contributed by atoms with Crippen LogP contribution in [0.3, 0.4) is 0 Å². The number of anilines is 1. The second-order valence-electron chi connectivity index (χ2n) is 5.28. The number of benzene rings is 1. The van der Waals surface area contributed by atoms with E-state index >= 15 is 0 Å². The number of hydrogen-bond acceptors (Lipinski definition) is 4. The number of nitrogens with two attached hydrogens (primary N) is 1. The van der Waals surface area contributed by atoms with E-state index in [2.05, 4.69) is 52.2 Å². The highest BCUT2D eigenvalue weighted by Gasteiger charge is 2.18. The Morgan fingerprint density at radius 1 is 1.35 bits per heavy atom. The summed E-state index contributed by atoms with van der Waals surface area (Å²) in [5.41, 5.74) is 7.49. The van der Waals surface area contributed by atoms with Gasteiger partial charge in [0, 0.05) is 15.7 Å². The SMILES string of the molecule is CCC(C)CC(C)n1nnnc1-c1cc(N)ccc1Br. The normalized spacial score (nSPS) is 14.2. The van der Waals surface area contributed by atoms with Gasteiger partial charge in [-0.3, -0.25) is 0 Å². The van der Waals surface area contributed by atoms with Gasteiger partial charge in [-0.15, -0.1) is 5.10 Å². The van der Waals surface area contributed by atoms with Crippen LogP contribution in [0.25, 0.3) is 11.4 Å². The Hall–Kier alpha value is -1.43. The molecule has 2 N–H and O–H groups in total. The molecule has 0 aliphatic heterocycles. The van der Waals surface area contributed by atoms with Crippen molar-refractivity contribution >= 4 is 21.6 Å². The predicted molar refractivity (Wildman–Crippen MR) is 84.1 cm³/mol. The average molecular weight is 338 g/mol. The zero-order valence-corrected chi connectivity index (χ0v) is 13.6. The number of aromatic nitrogens is 4. The van der Waals surface area contributed by atoms with E-state index in [0.717, 1.165) is 28.7 Å². The highest BCUT2D eigenvalue weighted by molar-refractivity contribution is 9.10. The molecule has 2 rings (SSSR count). The third-order valence-corrected chi connectivity index (χ3v) is 4.27. The maximum atomic E-state index is 5.86. The van der Waals surface area contributed by atoms with Crippen LogP contribution in [0, 0.1) is 5.92 Å². The first-order chi connectivity index (χ1) is 9.52. The molecule has 0 aliphatic rings. The maximum Gasteiger partial charge on any atom is 0.183 e. The predicted octanol–water partition coefficient (Wildman–Crippen LogP) is 3.68. The van der Waals surface area contributed by atoms with Gasteiger partial charge in [0.15, 0.2) is 5.82 Å². The number of tetrazole rings is 1. The third-order valence-electron chi connectivity index (χ3n) is 3.58. The Labute approximate surface area is 127 Å². The Morgan fingerprint density at radius 2 is 2.10 bits per heavy atom. The summed E-state index contributed by atoms with van der Waals surface area (Å²) in [5.74, 6) is 1.39. The van der Waals surface area contributed by atoms with Gasteiger partial charge in [-0.2, -0.15) is 0 Å². The molecular formula is C14H20BrN5. The second kappa shape index (κ2) is 6.35. The van der Waals surface area contributed by atoms with Gasteiger partial charge >= 0.3 is 0 Å². The summed E-state index contributed by atoms with van der Waals surface area (Å²) in [4.78, 5) is 0. The highest BCUT2D eigenvalue weighted by atomic mass is 79.9. The van der Waals surface area contributed by atoms with E-state index in [1.54, 1.807) is 0 Å². The van der Waals surface area contributed by atoms with E-state index < -0.39 is 0 Å². The molecule has 1 heterocycles. The lowest BCUT2D eigenvalue weighted by Gasteiger charge is -2.17. The zero-order chi connectivity index (χ0) is 14.7. The van der Waals surface area contributed by atoms with Crippen LogP contribution in [0.15, 0.2) is 22.7 Å². The molecule has 2 aromatic rings. The zero-order valence-electron chi connectivity index (χ0n) is 12.0. The molecule has 6 heteroatoms. The van der Waals surface area contributed by atoms with Gasteiger partial charge in [0.2, 0.25) is 0 Å². The van der Waals surface area contributed by atoms with E-state index in [0.29, 0.717) is 11.6 Å². The molecule has 0 saturated heterocycles. The first-order valence-electron chi connectivity index (χ1n) is 6.86. The lowest BCUT2D eigenvalue weighted by Crippen LogP contribution is -2.12. The molecular weight excluding hydrogens is 318 g/mol. The molecule has 0 radical (unpaired) electrons. The van der Waals surface area contributed by atoms with Crippen LogP contribution in [0.1, 0.15) is 39.7 Å². The number of nitrogen functional groups attached to an aromatic ring is 1. The highest BCUT2D eigenvalue weighted by Crippen LogP contribution is 2.30. The molecule has 1 aromatic heterocycles. The van der Waals surface area contributed by atoms with E-state index in [4.69, 9.17) is 5.73 Å². The first-order valence-corrected chi connectivity index (χ1v) is 7.65. The van der Waals surface area contributed by atoms with Crippen LogP contribution in [0.4, 0.5) is 5.69 Å². The van der Waals surface area contributed by atoms with Crippen molar-refractivity contribution in [3.8, 4) is 11.4 Å². The van der Waals surface area contributed by atoms with E-state index in [1.807, 2.05) is 22.9 Å². The van der Waals surface area contributed by atoms with Crippen LogP contribution in [0.2, 0.25) is 0 Å². The third kappa shape index (κ3) is 3.17. The summed E-state index contributed by atoms with van der Waals surface area (Å²) in [6.07, 6.45) is 2.21. The summed E-state index contributed by atoms with van der Waals surface area (Å²) in [6.45, 7) is 6.59. The molecule has 2 unspecified atom stereocenters. The van der Waals surface area contributed by atoms with Gasteiger partial charge in [-0.1, -0.05) is 36.2 Å². The van der Waals surface area contributed by atoms with Gasteiger partial charge < -0.3 is 5.73 Å². The van der Waals surface area contributed by atoms with Crippen molar-refractivity contribution in [3.63, 3.8) is 0 Å². The summed E-state index contributed by atoms with van der Waals surface area (Å²) in [5, 5.41) is 12.1. The molecule has 20 heavy (non-hydrogen) atoms. The summed E-state index contributed by atoms with van der Waals surface area (Å²) < 4.78 is 2.82. The molecule has 0 spiro atoms.